The molecule has 1 N–H and O–H groups in total. The molecular weight excluding hydrogens is 406 g/mol. The van der Waals surface area contributed by atoms with Gasteiger partial charge in [0.2, 0.25) is 0 Å². The summed E-state index contributed by atoms with van der Waals surface area (Å²) in [5, 5.41) is 12.2. The van der Waals surface area contributed by atoms with Gasteiger partial charge in [-0.05, 0) is 48.4 Å². The number of rotatable bonds is 5. The van der Waals surface area contributed by atoms with Gasteiger partial charge in [-0.2, -0.15) is 0 Å². The van der Waals surface area contributed by atoms with Gasteiger partial charge in [0, 0.05) is 17.0 Å². The minimum Gasteiger partial charge on any atom is -0.388 e. The molecule has 0 radical (unpaired) electrons. The zero-order valence-electron chi connectivity index (χ0n) is 15.6. The van der Waals surface area contributed by atoms with E-state index in [4.69, 9.17) is 11.6 Å². The molecule has 0 spiro atoms. The maximum atomic E-state index is 13.2. The van der Waals surface area contributed by atoms with E-state index < -0.39 is 6.10 Å². The van der Waals surface area contributed by atoms with Gasteiger partial charge in [-0.15, -0.1) is 0 Å². The number of aliphatic hydroxyl groups excluding tert-OH is 1. The molecule has 29 heavy (non-hydrogen) atoms. The van der Waals surface area contributed by atoms with E-state index in [-0.39, 0.29) is 5.56 Å². The van der Waals surface area contributed by atoms with Crippen LogP contribution in [0.3, 0.4) is 0 Å². The number of halogens is 1. The van der Waals surface area contributed by atoms with Crippen molar-refractivity contribution in [1.29, 1.82) is 0 Å². The topological polar surface area (TPSA) is 68.0 Å². The van der Waals surface area contributed by atoms with Crippen molar-refractivity contribution in [2.45, 2.75) is 18.2 Å². The lowest BCUT2D eigenvalue weighted by molar-refractivity contribution is 0.204. The third-order valence-electron chi connectivity index (χ3n) is 4.49. The number of para-hydroxylation sites is 1. The highest BCUT2D eigenvalue weighted by Crippen LogP contribution is 2.26. The number of aliphatic hydroxyl groups is 1. The van der Waals surface area contributed by atoms with E-state index in [2.05, 4.69) is 9.97 Å². The molecule has 1 atom stereocenters. The van der Waals surface area contributed by atoms with E-state index in [1.54, 1.807) is 42.6 Å². The molecule has 0 fully saturated rings. The van der Waals surface area contributed by atoms with Crippen LogP contribution in [0.2, 0.25) is 5.02 Å². The molecule has 0 saturated heterocycles. The lowest BCUT2D eigenvalue weighted by Crippen LogP contribution is -2.23. The first-order chi connectivity index (χ1) is 14.0. The van der Waals surface area contributed by atoms with Crippen molar-refractivity contribution in [3.05, 3.63) is 93.4 Å². The molecule has 7 heteroatoms. The van der Waals surface area contributed by atoms with E-state index in [0.717, 1.165) is 11.1 Å². The summed E-state index contributed by atoms with van der Waals surface area (Å²) in [5.41, 5.74) is 2.19. The Morgan fingerprint density at radius 1 is 1.10 bits per heavy atom. The highest BCUT2D eigenvalue weighted by Gasteiger charge is 2.16. The summed E-state index contributed by atoms with van der Waals surface area (Å²) in [6, 6.07) is 18.0. The molecule has 2 aromatic carbocycles. The monoisotopic (exact) mass is 423 g/mol. The standard InChI is InChI=1S/C22H18ClN3O2S/c1-14-6-11-20(24-12-14)26-21(28)17-4-2-3-5-18(17)25-22(26)29-13-19(27)15-7-9-16(23)10-8-15/h2-12,19,27H,13H2,1H3. The van der Waals surface area contributed by atoms with E-state index in [1.807, 2.05) is 31.2 Å². The fourth-order valence-corrected chi connectivity index (χ4v) is 4.03. The van der Waals surface area contributed by atoms with Crippen molar-refractivity contribution in [3.63, 3.8) is 0 Å². The van der Waals surface area contributed by atoms with Gasteiger partial charge in [-0.25, -0.2) is 14.5 Å². The summed E-state index contributed by atoms with van der Waals surface area (Å²) in [7, 11) is 0. The van der Waals surface area contributed by atoms with Crippen LogP contribution < -0.4 is 5.56 Å². The number of pyridine rings is 1. The SMILES string of the molecule is Cc1ccc(-n2c(SCC(O)c3ccc(Cl)cc3)nc3ccccc3c2=O)nc1. The second-order valence-electron chi connectivity index (χ2n) is 6.62. The van der Waals surface area contributed by atoms with Gasteiger partial charge in [0.25, 0.3) is 5.56 Å². The highest BCUT2D eigenvalue weighted by atomic mass is 35.5. The number of thioether (sulfide) groups is 1. The Labute approximate surface area is 177 Å². The number of fused-ring (bicyclic) bond motifs is 1. The fourth-order valence-electron chi connectivity index (χ4n) is 2.94. The third kappa shape index (κ3) is 4.19. The minimum absolute atomic E-state index is 0.185. The normalized spacial score (nSPS) is 12.2. The number of benzene rings is 2. The van der Waals surface area contributed by atoms with Crippen molar-refractivity contribution < 1.29 is 5.11 Å². The lowest BCUT2D eigenvalue weighted by Gasteiger charge is -2.15. The van der Waals surface area contributed by atoms with Crippen LogP contribution in [-0.2, 0) is 0 Å². The molecule has 1 unspecified atom stereocenters. The molecule has 4 rings (SSSR count). The van der Waals surface area contributed by atoms with Crippen LogP contribution in [0.25, 0.3) is 16.7 Å². The second-order valence-corrected chi connectivity index (χ2v) is 8.05. The Morgan fingerprint density at radius 3 is 2.59 bits per heavy atom. The van der Waals surface area contributed by atoms with Crippen LogP contribution in [0, 0.1) is 6.92 Å². The first-order valence-electron chi connectivity index (χ1n) is 9.04. The predicted octanol–water partition coefficient (Wildman–Crippen LogP) is 4.57. The van der Waals surface area contributed by atoms with Crippen molar-refractivity contribution in [2.24, 2.45) is 0 Å². The summed E-state index contributed by atoms with van der Waals surface area (Å²) in [4.78, 5) is 22.3. The minimum atomic E-state index is -0.722. The Morgan fingerprint density at radius 2 is 1.86 bits per heavy atom. The summed E-state index contributed by atoms with van der Waals surface area (Å²) in [6.45, 7) is 1.94. The van der Waals surface area contributed by atoms with Crippen molar-refractivity contribution in [1.82, 2.24) is 14.5 Å². The number of aryl methyl sites for hydroxylation is 1. The zero-order chi connectivity index (χ0) is 20.4. The molecule has 5 nitrogen and oxygen atoms in total. The molecule has 2 heterocycles. The van der Waals surface area contributed by atoms with Crippen LogP contribution in [0.1, 0.15) is 17.2 Å². The molecular formula is C22H18ClN3O2S. The lowest BCUT2D eigenvalue weighted by atomic mass is 10.1. The van der Waals surface area contributed by atoms with Gasteiger partial charge < -0.3 is 5.11 Å². The van der Waals surface area contributed by atoms with Crippen LogP contribution >= 0.6 is 23.4 Å². The van der Waals surface area contributed by atoms with E-state index >= 15 is 0 Å². The summed E-state index contributed by atoms with van der Waals surface area (Å²) in [6.07, 6.45) is 0.994. The molecule has 0 amide bonds. The maximum Gasteiger partial charge on any atom is 0.267 e. The predicted molar refractivity (Wildman–Crippen MR) is 117 cm³/mol. The van der Waals surface area contributed by atoms with E-state index in [0.29, 0.717) is 32.7 Å². The van der Waals surface area contributed by atoms with Gasteiger partial charge in [0.15, 0.2) is 5.16 Å². The molecule has 4 aromatic rings. The molecule has 0 saturated carbocycles. The van der Waals surface area contributed by atoms with Gasteiger partial charge in [0.1, 0.15) is 5.82 Å². The Balaban J connectivity index is 1.74. The Bertz CT molecular complexity index is 1210. The van der Waals surface area contributed by atoms with Crippen molar-refractivity contribution >= 4 is 34.3 Å². The molecule has 0 aliphatic heterocycles. The average molecular weight is 424 g/mol. The van der Waals surface area contributed by atoms with Crippen LogP contribution in [-0.4, -0.2) is 25.4 Å². The van der Waals surface area contributed by atoms with Crippen molar-refractivity contribution in [2.75, 3.05) is 5.75 Å². The smallest absolute Gasteiger partial charge is 0.267 e. The Kier molecular flexibility index (Phi) is 5.67. The number of aromatic nitrogens is 3. The first-order valence-corrected chi connectivity index (χ1v) is 10.4. The van der Waals surface area contributed by atoms with Gasteiger partial charge in [-0.1, -0.05) is 53.7 Å². The van der Waals surface area contributed by atoms with Gasteiger partial charge >= 0.3 is 0 Å². The second kappa shape index (κ2) is 8.37. The maximum absolute atomic E-state index is 13.2. The highest BCUT2D eigenvalue weighted by molar-refractivity contribution is 7.99. The van der Waals surface area contributed by atoms with Crippen LogP contribution in [0.15, 0.2) is 76.8 Å². The zero-order valence-corrected chi connectivity index (χ0v) is 17.2. The third-order valence-corrected chi connectivity index (χ3v) is 5.76. The summed E-state index contributed by atoms with van der Waals surface area (Å²) < 4.78 is 1.50. The van der Waals surface area contributed by atoms with Crippen LogP contribution in [0.5, 0.6) is 0 Å². The molecule has 0 aliphatic carbocycles. The molecule has 146 valence electrons. The first kappa shape index (κ1) is 19.6. The van der Waals surface area contributed by atoms with Crippen molar-refractivity contribution in [3.8, 4) is 5.82 Å². The Hall–Kier alpha value is -2.67. The summed E-state index contributed by atoms with van der Waals surface area (Å²) in [5.74, 6) is 0.834. The average Bonchev–Trinajstić information content (AvgIpc) is 2.73. The van der Waals surface area contributed by atoms with E-state index in [1.165, 1.54) is 16.3 Å². The van der Waals surface area contributed by atoms with Gasteiger partial charge in [0.05, 0.1) is 17.0 Å². The summed E-state index contributed by atoms with van der Waals surface area (Å²) >= 11 is 7.23. The molecule has 2 aromatic heterocycles. The quantitative estimate of drug-likeness (QED) is 0.376. The molecule has 0 aliphatic rings. The van der Waals surface area contributed by atoms with Gasteiger partial charge in [-0.3, -0.25) is 4.79 Å². The number of nitrogens with zero attached hydrogens (tertiary/aromatic N) is 3. The fraction of sp³-hybridized carbons (Fsp3) is 0.136. The van der Waals surface area contributed by atoms with E-state index in [9.17, 15) is 9.90 Å². The number of hydrogen-bond acceptors (Lipinski definition) is 5. The number of hydrogen-bond donors (Lipinski definition) is 1. The van der Waals surface area contributed by atoms with Crippen LogP contribution in [0.4, 0.5) is 0 Å². The largest absolute Gasteiger partial charge is 0.388 e. The molecule has 0 bridgehead atoms.